The third-order valence-corrected chi connectivity index (χ3v) is 12.0. The van der Waals surface area contributed by atoms with Crippen LogP contribution >= 0.6 is 0 Å². The predicted octanol–water partition coefficient (Wildman–Crippen LogP) is 14.5. The number of allylic oxidation sites excluding steroid dienone is 10. The molecule has 4 heteroatoms. The molecule has 0 fully saturated rings. The van der Waals surface area contributed by atoms with Gasteiger partial charge in [-0.1, -0.05) is 176 Å². The molecular weight excluding hydrogens is 753 g/mol. The average molecular weight is 795 g/mol. The standard InChI is InChI=1S/C58H42N4/c1-2-7-22-43(21-6-1)56-60-57(44-23-12-5-13-24-44)62-58(61-56)49-34-46(33-48(35-49)51-27-16-28-52-50-26-15-14-25-45(50)36-53(51)52)40-29-31-42(32-30-40)55-38-47(39-17-8-3-9-18-39)37-54(59-55)41-19-10-4-11-20-41/h1-3,5-6,8-10,12-35,37-38H,4,7,11,36H2. The molecule has 0 bridgehead atoms. The molecule has 0 saturated carbocycles. The fourth-order valence-electron chi connectivity index (χ4n) is 8.86. The molecule has 0 unspecified atom stereocenters. The van der Waals surface area contributed by atoms with E-state index in [-0.39, 0.29) is 0 Å². The normalized spacial score (nSPS) is 13.9. The lowest BCUT2D eigenvalue weighted by molar-refractivity contribution is 1.04. The van der Waals surface area contributed by atoms with Crippen LogP contribution in [-0.2, 0) is 6.42 Å². The van der Waals surface area contributed by atoms with Crippen LogP contribution in [0.15, 0.2) is 206 Å². The van der Waals surface area contributed by atoms with Crippen molar-refractivity contribution >= 4 is 11.1 Å². The van der Waals surface area contributed by atoms with Gasteiger partial charge in [0.2, 0.25) is 0 Å². The maximum atomic E-state index is 5.24. The third kappa shape index (κ3) is 7.37. The number of nitrogens with zero attached hydrogens (tertiary/aromatic N) is 4. The van der Waals surface area contributed by atoms with Crippen molar-refractivity contribution in [2.45, 2.75) is 25.7 Å². The Morgan fingerprint density at radius 3 is 1.82 bits per heavy atom. The highest BCUT2D eigenvalue weighted by molar-refractivity contribution is 5.89. The second kappa shape index (κ2) is 16.3. The summed E-state index contributed by atoms with van der Waals surface area (Å²) in [6.07, 6.45) is 21.1. The highest BCUT2D eigenvalue weighted by atomic mass is 15.0. The summed E-state index contributed by atoms with van der Waals surface area (Å²) in [5, 5.41) is 0. The predicted molar refractivity (Wildman–Crippen MR) is 256 cm³/mol. The summed E-state index contributed by atoms with van der Waals surface area (Å²) in [7, 11) is 0. The summed E-state index contributed by atoms with van der Waals surface area (Å²) in [5.41, 5.74) is 19.2. The highest BCUT2D eigenvalue weighted by Gasteiger charge is 2.23. The number of pyridine rings is 1. The summed E-state index contributed by atoms with van der Waals surface area (Å²) in [6.45, 7) is 0. The zero-order chi connectivity index (χ0) is 41.2. The number of hydrogen-bond acceptors (Lipinski definition) is 4. The number of hydrogen-bond donors (Lipinski definition) is 0. The molecule has 4 nitrogen and oxygen atoms in total. The number of aromatic nitrogens is 4. The minimum atomic E-state index is 0.636. The summed E-state index contributed by atoms with van der Waals surface area (Å²) < 4.78 is 0. The topological polar surface area (TPSA) is 51.6 Å². The molecule has 0 aliphatic heterocycles. The Morgan fingerprint density at radius 1 is 0.355 bits per heavy atom. The van der Waals surface area contributed by atoms with Crippen LogP contribution in [0.1, 0.15) is 41.9 Å². The van der Waals surface area contributed by atoms with Gasteiger partial charge in [-0.3, -0.25) is 0 Å². The molecule has 0 amide bonds. The van der Waals surface area contributed by atoms with E-state index in [1.165, 1.54) is 39.0 Å². The van der Waals surface area contributed by atoms with Crippen LogP contribution in [0.2, 0.25) is 0 Å². The molecule has 8 aromatic rings. The lowest BCUT2D eigenvalue weighted by Crippen LogP contribution is -2.03. The van der Waals surface area contributed by atoms with Gasteiger partial charge in [0, 0.05) is 22.3 Å². The van der Waals surface area contributed by atoms with Crippen molar-refractivity contribution in [3.63, 3.8) is 0 Å². The van der Waals surface area contributed by atoms with Crippen molar-refractivity contribution in [3.05, 3.63) is 229 Å². The minimum Gasteiger partial charge on any atom is -0.248 e. The van der Waals surface area contributed by atoms with Gasteiger partial charge in [0.25, 0.3) is 0 Å². The Morgan fingerprint density at radius 2 is 1.00 bits per heavy atom. The molecule has 3 aliphatic rings. The van der Waals surface area contributed by atoms with Crippen molar-refractivity contribution in [1.82, 2.24) is 19.9 Å². The fourth-order valence-corrected chi connectivity index (χ4v) is 8.86. The van der Waals surface area contributed by atoms with Gasteiger partial charge in [-0.25, -0.2) is 19.9 Å². The molecule has 2 aromatic heterocycles. The second-order valence-electron chi connectivity index (χ2n) is 16.0. The zero-order valence-electron chi connectivity index (χ0n) is 34.2. The number of benzene rings is 6. The van der Waals surface area contributed by atoms with Crippen LogP contribution in [0.25, 0.3) is 89.7 Å². The first-order chi connectivity index (χ1) is 30.7. The summed E-state index contributed by atoms with van der Waals surface area (Å²) in [5.74, 6) is 1.94. The highest BCUT2D eigenvalue weighted by Crippen LogP contribution is 2.43. The van der Waals surface area contributed by atoms with Gasteiger partial charge in [0.15, 0.2) is 17.5 Å². The van der Waals surface area contributed by atoms with Gasteiger partial charge in [-0.2, -0.15) is 0 Å². The summed E-state index contributed by atoms with van der Waals surface area (Å²) in [6, 6.07) is 56.4. The molecule has 294 valence electrons. The maximum Gasteiger partial charge on any atom is 0.164 e. The second-order valence-corrected chi connectivity index (χ2v) is 16.0. The zero-order valence-corrected chi connectivity index (χ0v) is 34.2. The Bertz CT molecular complexity index is 3150. The van der Waals surface area contributed by atoms with E-state index in [0.717, 1.165) is 81.6 Å². The van der Waals surface area contributed by atoms with Gasteiger partial charge < -0.3 is 0 Å². The first kappa shape index (κ1) is 37.2. The molecular formula is C58H42N4. The van der Waals surface area contributed by atoms with E-state index in [0.29, 0.717) is 17.5 Å². The smallest absolute Gasteiger partial charge is 0.164 e. The van der Waals surface area contributed by atoms with Crippen LogP contribution in [0, 0.1) is 0 Å². The maximum absolute atomic E-state index is 5.24. The van der Waals surface area contributed by atoms with E-state index in [2.05, 4.69) is 188 Å². The van der Waals surface area contributed by atoms with Crippen molar-refractivity contribution in [1.29, 1.82) is 0 Å². The van der Waals surface area contributed by atoms with E-state index in [1.54, 1.807) is 0 Å². The molecule has 0 saturated heterocycles. The first-order valence-electron chi connectivity index (χ1n) is 21.5. The molecule has 0 spiro atoms. The van der Waals surface area contributed by atoms with E-state index >= 15 is 0 Å². The third-order valence-electron chi connectivity index (χ3n) is 12.0. The molecule has 62 heavy (non-hydrogen) atoms. The Balaban J connectivity index is 1.06. The van der Waals surface area contributed by atoms with Crippen LogP contribution in [0.5, 0.6) is 0 Å². The monoisotopic (exact) mass is 794 g/mol. The molecule has 0 N–H and O–H groups in total. The number of fused-ring (bicyclic) bond motifs is 3. The summed E-state index contributed by atoms with van der Waals surface area (Å²) >= 11 is 0. The van der Waals surface area contributed by atoms with Crippen molar-refractivity contribution < 1.29 is 0 Å². The van der Waals surface area contributed by atoms with Crippen molar-refractivity contribution in [2.75, 3.05) is 0 Å². The van der Waals surface area contributed by atoms with Crippen molar-refractivity contribution in [2.24, 2.45) is 0 Å². The SMILES string of the molecule is C1=CCC=C(c2nc(-c3ccccc3)nc(-c3cc(-c4ccc(-c5cc(-c6ccccc6)cc(C6=CCCC=C6)n5)cc4)cc(-c4cccc5c4Cc4ccccc4-5)c3)n2)C=C1. The van der Waals surface area contributed by atoms with E-state index in [9.17, 15) is 0 Å². The molecule has 6 aromatic carbocycles. The lowest BCUT2D eigenvalue weighted by atomic mass is 9.91. The molecule has 11 rings (SSSR count). The van der Waals surface area contributed by atoms with Crippen LogP contribution in [0.3, 0.4) is 0 Å². The molecule has 0 atom stereocenters. The molecule has 0 radical (unpaired) electrons. The molecule has 2 heterocycles. The first-order valence-corrected chi connectivity index (χ1v) is 21.5. The van der Waals surface area contributed by atoms with E-state index < -0.39 is 0 Å². The van der Waals surface area contributed by atoms with Crippen LogP contribution in [0.4, 0.5) is 0 Å². The van der Waals surface area contributed by atoms with Crippen molar-refractivity contribution in [3.8, 4) is 78.5 Å². The van der Waals surface area contributed by atoms with Gasteiger partial charge >= 0.3 is 0 Å². The van der Waals surface area contributed by atoms with Crippen LogP contribution < -0.4 is 0 Å². The Kier molecular flexibility index (Phi) is 9.79. The molecule has 3 aliphatic carbocycles. The van der Waals surface area contributed by atoms with Gasteiger partial charge in [-0.15, -0.1) is 0 Å². The Hall–Kier alpha value is -7.82. The van der Waals surface area contributed by atoms with E-state index in [1.807, 2.05) is 18.2 Å². The lowest BCUT2D eigenvalue weighted by Gasteiger charge is -2.15. The van der Waals surface area contributed by atoms with Gasteiger partial charge in [-0.05, 0) is 117 Å². The van der Waals surface area contributed by atoms with Gasteiger partial charge in [0.1, 0.15) is 0 Å². The largest absolute Gasteiger partial charge is 0.248 e. The van der Waals surface area contributed by atoms with E-state index in [4.69, 9.17) is 19.9 Å². The minimum absolute atomic E-state index is 0.636. The quantitative estimate of drug-likeness (QED) is 0.154. The summed E-state index contributed by atoms with van der Waals surface area (Å²) in [4.78, 5) is 20.7. The average Bonchev–Trinajstić information content (AvgIpc) is 3.51. The Labute approximate surface area is 362 Å². The van der Waals surface area contributed by atoms with Gasteiger partial charge in [0.05, 0.1) is 11.4 Å². The van der Waals surface area contributed by atoms with Crippen LogP contribution in [-0.4, -0.2) is 19.9 Å². The number of rotatable bonds is 8. The fraction of sp³-hybridized carbons (Fsp3) is 0.0690.